The number of hydrogen-bond acceptors (Lipinski definition) is 4. The van der Waals surface area contributed by atoms with E-state index in [1.165, 1.54) is 11.8 Å². The van der Waals surface area contributed by atoms with Gasteiger partial charge in [0.15, 0.2) is 5.75 Å². The molecule has 2 aromatic rings. The summed E-state index contributed by atoms with van der Waals surface area (Å²) in [4.78, 5) is 0.852. The van der Waals surface area contributed by atoms with E-state index in [-0.39, 0.29) is 0 Å². The molecular formula is C14H11ClN2OS. The van der Waals surface area contributed by atoms with Gasteiger partial charge in [-0.15, -0.1) is 11.8 Å². The highest BCUT2D eigenvalue weighted by atomic mass is 35.5. The maximum Gasteiger partial charge on any atom is 0.168 e. The molecule has 0 aliphatic heterocycles. The fourth-order valence-electron chi connectivity index (χ4n) is 1.62. The van der Waals surface area contributed by atoms with E-state index in [2.05, 4.69) is 6.07 Å². The first-order chi connectivity index (χ1) is 9.17. The second kappa shape index (κ2) is 5.87. The zero-order chi connectivity index (χ0) is 13.8. The van der Waals surface area contributed by atoms with Crippen LogP contribution in [-0.4, -0.2) is 6.26 Å². The van der Waals surface area contributed by atoms with E-state index in [1.54, 1.807) is 24.3 Å². The summed E-state index contributed by atoms with van der Waals surface area (Å²) < 4.78 is 5.71. The fraction of sp³-hybridized carbons (Fsp3) is 0.0714. The number of rotatable bonds is 3. The van der Waals surface area contributed by atoms with Crippen molar-refractivity contribution in [3.63, 3.8) is 0 Å². The van der Waals surface area contributed by atoms with Gasteiger partial charge in [0.25, 0.3) is 0 Å². The van der Waals surface area contributed by atoms with Gasteiger partial charge in [0.2, 0.25) is 0 Å². The molecule has 0 bridgehead atoms. The van der Waals surface area contributed by atoms with Crippen LogP contribution in [0.15, 0.2) is 41.3 Å². The van der Waals surface area contributed by atoms with Crippen LogP contribution in [0.2, 0.25) is 5.02 Å². The number of para-hydroxylation sites is 1. The second-order valence-corrected chi connectivity index (χ2v) is 4.96. The molecule has 0 heterocycles. The van der Waals surface area contributed by atoms with Gasteiger partial charge in [-0.3, -0.25) is 0 Å². The molecule has 2 N–H and O–H groups in total. The molecule has 0 amide bonds. The molecule has 0 aliphatic carbocycles. The Kier molecular flexibility index (Phi) is 4.20. The van der Waals surface area contributed by atoms with E-state index >= 15 is 0 Å². The highest BCUT2D eigenvalue weighted by molar-refractivity contribution is 7.98. The second-order valence-electron chi connectivity index (χ2n) is 3.71. The summed E-state index contributed by atoms with van der Waals surface area (Å²) in [6.45, 7) is 0. The Morgan fingerprint density at radius 1 is 1.26 bits per heavy atom. The topological polar surface area (TPSA) is 59.0 Å². The third-order valence-corrected chi connectivity index (χ3v) is 3.61. The summed E-state index contributed by atoms with van der Waals surface area (Å²) in [7, 11) is 0. The van der Waals surface area contributed by atoms with Crippen LogP contribution in [0.3, 0.4) is 0 Å². The maximum atomic E-state index is 9.24. The Morgan fingerprint density at radius 2 is 2.00 bits per heavy atom. The first-order valence-corrected chi connectivity index (χ1v) is 7.06. The molecule has 0 aliphatic rings. The minimum atomic E-state index is 0.374. The van der Waals surface area contributed by atoms with E-state index in [1.807, 2.05) is 18.4 Å². The molecular weight excluding hydrogens is 280 g/mol. The van der Waals surface area contributed by atoms with Crippen LogP contribution in [0, 0.1) is 11.3 Å². The number of nitrogens with two attached hydrogens (primary N) is 1. The molecule has 96 valence electrons. The standard InChI is InChI=1S/C14H11ClN2OS/c1-19-13-7-3-6-12(9(13)8-16)18-14-10(15)4-2-5-11(14)17/h2-7H,17H2,1H3. The molecule has 3 nitrogen and oxygen atoms in total. The Hall–Kier alpha value is -1.83. The van der Waals surface area contributed by atoms with E-state index in [4.69, 9.17) is 22.1 Å². The number of nitrogen functional groups attached to an aromatic ring is 1. The van der Waals surface area contributed by atoms with Gasteiger partial charge in [-0.05, 0) is 30.5 Å². The molecule has 0 radical (unpaired) electrons. The molecule has 19 heavy (non-hydrogen) atoms. The molecule has 0 saturated heterocycles. The molecule has 5 heteroatoms. The van der Waals surface area contributed by atoms with E-state index in [9.17, 15) is 5.26 Å². The average molecular weight is 291 g/mol. The molecule has 0 unspecified atom stereocenters. The number of thioether (sulfide) groups is 1. The van der Waals surface area contributed by atoms with Gasteiger partial charge in [-0.1, -0.05) is 23.7 Å². The van der Waals surface area contributed by atoms with Gasteiger partial charge in [0.05, 0.1) is 10.7 Å². The van der Waals surface area contributed by atoms with Crippen LogP contribution in [0.5, 0.6) is 11.5 Å². The largest absolute Gasteiger partial charge is 0.452 e. The van der Waals surface area contributed by atoms with E-state index in [0.717, 1.165) is 4.90 Å². The van der Waals surface area contributed by atoms with Crippen LogP contribution in [0.1, 0.15) is 5.56 Å². The quantitative estimate of drug-likeness (QED) is 0.676. The highest BCUT2D eigenvalue weighted by Crippen LogP contribution is 2.37. The summed E-state index contributed by atoms with van der Waals surface area (Å²) in [6, 6.07) is 12.7. The highest BCUT2D eigenvalue weighted by Gasteiger charge is 2.13. The van der Waals surface area contributed by atoms with Crippen molar-refractivity contribution >= 4 is 29.1 Å². The van der Waals surface area contributed by atoms with Crippen LogP contribution >= 0.6 is 23.4 Å². The van der Waals surface area contributed by atoms with Gasteiger partial charge in [-0.2, -0.15) is 5.26 Å². The lowest BCUT2D eigenvalue weighted by Crippen LogP contribution is -1.95. The van der Waals surface area contributed by atoms with Crippen LogP contribution in [-0.2, 0) is 0 Å². The summed E-state index contributed by atoms with van der Waals surface area (Å²) >= 11 is 7.54. The summed E-state index contributed by atoms with van der Waals surface area (Å²) in [5, 5.41) is 9.65. The molecule has 0 atom stereocenters. The zero-order valence-electron chi connectivity index (χ0n) is 10.2. The first kappa shape index (κ1) is 13.6. The van der Waals surface area contributed by atoms with Crippen molar-refractivity contribution in [3.8, 4) is 17.6 Å². The number of ether oxygens (including phenoxy) is 1. The maximum absolute atomic E-state index is 9.24. The van der Waals surface area contributed by atoms with Crippen molar-refractivity contribution < 1.29 is 4.74 Å². The molecule has 2 aromatic carbocycles. The minimum absolute atomic E-state index is 0.374. The smallest absolute Gasteiger partial charge is 0.168 e. The average Bonchev–Trinajstić information content (AvgIpc) is 2.42. The lowest BCUT2D eigenvalue weighted by Gasteiger charge is -2.12. The molecule has 0 saturated carbocycles. The van der Waals surface area contributed by atoms with Crippen LogP contribution in [0.4, 0.5) is 5.69 Å². The Bertz CT molecular complexity index is 632. The van der Waals surface area contributed by atoms with Crippen molar-refractivity contribution in [2.45, 2.75) is 4.90 Å². The number of halogens is 1. The van der Waals surface area contributed by atoms with Crippen LogP contribution in [0.25, 0.3) is 0 Å². The van der Waals surface area contributed by atoms with Crippen molar-refractivity contribution in [2.24, 2.45) is 0 Å². The third kappa shape index (κ3) is 2.78. The summed E-state index contributed by atoms with van der Waals surface area (Å²) in [6.07, 6.45) is 1.91. The predicted molar refractivity (Wildman–Crippen MR) is 78.9 cm³/mol. The Balaban J connectivity index is 2.48. The van der Waals surface area contributed by atoms with Crippen LogP contribution < -0.4 is 10.5 Å². The van der Waals surface area contributed by atoms with Gasteiger partial charge in [0, 0.05) is 4.90 Å². The zero-order valence-corrected chi connectivity index (χ0v) is 11.8. The summed E-state index contributed by atoms with van der Waals surface area (Å²) in [5.74, 6) is 0.827. The number of nitrogens with zero attached hydrogens (tertiary/aromatic N) is 1. The normalized spacial score (nSPS) is 9.95. The van der Waals surface area contributed by atoms with E-state index < -0.39 is 0 Å². The first-order valence-electron chi connectivity index (χ1n) is 5.46. The molecule has 2 rings (SSSR count). The fourth-order valence-corrected chi connectivity index (χ4v) is 2.40. The number of anilines is 1. The SMILES string of the molecule is CSc1cccc(Oc2c(N)cccc2Cl)c1C#N. The Morgan fingerprint density at radius 3 is 2.63 bits per heavy atom. The molecule has 0 spiro atoms. The van der Waals surface area contributed by atoms with Crippen molar-refractivity contribution in [1.82, 2.24) is 0 Å². The van der Waals surface area contributed by atoms with Crippen molar-refractivity contribution in [2.75, 3.05) is 12.0 Å². The lowest BCUT2D eigenvalue weighted by molar-refractivity contribution is 0.482. The number of hydrogen-bond donors (Lipinski definition) is 1. The van der Waals surface area contributed by atoms with Gasteiger partial charge in [-0.25, -0.2) is 0 Å². The van der Waals surface area contributed by atoms with Gasteiger partial charge >= 0.3 is 0 Å². The van der Waals surface area contributed by atoms with Crippen molar-refractivity contribution in [3.05, 3.63) is 47.0 Å². The van der Waals surface area contributed by atoms with E-state index in [0.29, 0.717) is 27.8 Å². The number of benzene rings is 2. The Labute approximate surface area is 120 Å². The van der Waals surface area contributed by atoms with Gasteiger partial charge < -0.3 is 10.5 Å². The monoisotopic (exact) mass is 290 g/mol. The molecule has 0 fully saturated rings. The van der Waals surface area contributed by atoms with Gasteiger partial charge in [0.1, 0.15) is 17.4 Å². The third-order valence-electron chi connectivity index (χ3n) is 2.53. The predicted octanol–water partition coefficient (Wildman–Crippen LogP) is 4.31. The molecule has 0 aromatic heterocycles. The minimum Gasteiger partial charge on any atom is -0.452 e. The van der Waals surface area contributed by atoms with Crippen molar-refractivity contribution in [1.29, 1.82) is 5.26 Å². The summed E-state index contributed by atoms with van der Waals surface area (Å²) in [5.41, 5.74) is 6.75. The lowest BCUT2D eigenvalue weighted by atomic mass is 10.2. The number of nitriles is 1.